The molecule has 2 aromatic heterocycles. The molecular formula is C23H33IN6O. The van der Waals surface area contributed by atoms with E-state index >= 15 is 0 Å². The Balaban J connectivity index is 0.00000272. The van der Waals surface area contributed by atoms with Crippen LogP contribution < -0.4 is 5.32 Å². The highest BCUT2D eigenvalue weighted by Gasteiger charge is 2.20. The zero-order valence-corrected chi connectivity index (χ0v) is 20.8. The first-order valence-electron chi connectivity index (χ1n) is 11.0. The fraction of sp³-hybridized carbons (Fsp3) is 0.478. The van der Waals surface area contributed by atoms with Crippen molar-refractivity contribution >= 4 is 40.8 Å². The Hall–Kier alpha value is -2.07. The van der Waals surface area contributed by atoms with Crippen LogP contribution in [0.4, 0.5) is 0 Å². The maximum Gasteiger partial charge on any atom is 0.194 e. The van der Waals surface area contributed by atoms with Crippen LogP contribution in [0.5, 0.6) is 0 Å². The Kier molecular flexibility index (Phi) is 8.77. The molecule has 3 heterocycles. The zero-order valence-electron chi connectivity index (χ0n) is 18.4. The molecule has 1 aromatic carbocycles. The second kappa shape index (κ2) is 11.5. The summed E-state index contributed by atoms with van der Waals surface area (Å²) in [4.78, 5) is 13.1. The summed E-state index contributed by atoms with van der Waals surface area (Å²) in [7, 11) is 0. The number of nitrogens with one attached hydrogen (secondary N) is 2. The molecular weight excluding hydrogens is 503 g/mol. The van der Waals surface area contributed by atoms with E-state index in [1.165, 1.54) is 16.5 Å². The number of aryl methyl sites for hydroxylation is 2. The highest BCUT2D eigenvalue weighted by molar-refractivity contribution is 14.0. The van der Waals surface area contributed by atoms with E-state index in [0.717, 1.165) is 76.1 Å². The normalized spacial score (nSPS) is 15.3. The van der Waals surface area contributed by atoms with E-state index in [9.17, 15) is 0 Å². The number of halogens is 1. The Morgan fingerprint density at radius 1 is 1.23 bits per heavy atom. The van der Waals surface area contributed by atoms with E-state index in [4.69, 9.17) is 9.52 Å². The van der Waals surface area contributed by atoms with Crippen molar-refractivity contribution in [1.29, 1.82) is 0 Å². The first kappa shape index (κ1) is 23.6. The van der Waals surface area contributed by atoms with E-state index in [1.54, 1.807) is 0 Å². The molecule has 1 aliphatic heterocycles. The number of aliphatic imine (C=N–C) groups is 1. The molecule has 168 valence electrons. The van der Waals surface area contributed by atoms with Gasteiger partial charge in [0.1, 0.15) is 5.76 Å². The van der Waals surface area contributed by atoms with Crippen molar-refractivity contribution in [3.05, 3.63) is 53.5 Å². The van der Waals surface area contributed by atoms with Crippen LogP contribution in [0.25, 0.3) is 10.9 Å². The van der Waals surface area contributed by atoms with E-state index in [2.05, 4.69) is 62.6 Å². The minimum atomic E-state index is 0. The average molecular weight is 536 g/mol. The van der Waals surface area contributed by atoms with Gasteiger partial charge in [-0.15, -0.1) is 24.0 Å². The van der Waals surface area contributed by atoms with Gasteiger partial charge in [0.05, 0.1) is 5.69 Å². The van der Waals surface area contributed by atoms with Crippen LogP contribution in [-0.2, 0) is 13.0 Å². The van der Waals surface area contributed by atoms with Gasteiger partial charge in [-0.05, 0) is 38.3 Å². The van der Waals surface area contributed by atoms with Crippen LogP contribution in [0.3, 0.4) is 0 Å². The molecule has 0 aliphatic carbocycles. The molecule has 0 atom stereocenters. The third-order valence-corrected chi connectivity index (χ3v) is 5.61. The van der Waals surface area contributed by atoms with E-state index in [-0.39, 0.29) is 24.0 Å². The maximum atomic E-state index is 5.18. The first-order valence-corrected chi connectivity index (χ1v) is 11.0. The second-order valence-corrected chi connectivity index (χ2v) is 7.89. The van der Waals surface area contributed by atoms with Gasteiger partial charge in [-0.1, -0.05) is 23.4 Å². The lowest BCUT2D eigenvalue weighted by Crippen LogP contribution is -2.52. The van der Waals surface area contributed by atoms with Gasteiger partial charge in [0, 0.05) is 69.0 Å². The number of para-hydroxylation sites is 1. The topological polar surface area (TPSA) is 72.7 Å². The SMILES string of the molecule is CCNC(=NCCCc1c[nH]c2ccccc12)N1CCN(Cc2cc(C)on2)CC1.I. The van der Waals surface area contributed by atoms with Crippen molar-refractivity contribution in [2.75, 3.05) is 39.3 Å². The van der Waals surface area contributed by atoms with Gasteiger partial charge in [-0.25, -0.2) is 0 Å². The third kappa shape index (κ3) is 6.22. The molecule has 8 heteroatoms. The monoisotopic (exact) mass is 536 g/mol. The van der Waals surface area contributed by atoms with Crippen LogP contribution in [0.2, 0.25) is 0 Å². The maximum absolute atomic E-state index is 5.18. The predicted octanol–water partition coefficient (Wildman–Crippen LogP) is 3.80. The highest BCUT2D eigenvalue weighted by atomic mass is 127. The highest BCUT2D eigenvalue weighted by Crippen LogP contribution is 2.19. The van der Waals surface area contributed by atoms with Crippen LogP contribution in [0.15, 0.2) is 46.0 Å². The smallest absolute Gasteiger partial charge is 0.194 e. The third-order valence-electron chi connectivity index (χ3n) is 5.61. The van der Waals surface area contributed by atoms with Crippen LogP contribution in [0.1, 0.15) is 30.4 Å². The second-order valence-electron chi connectivity index (χ2n) is 7.89. The molecule has 0 amide bonds. The summed E-state index contributed by atoms with van der Waals surface area (Å²) in [6.07, 6.45) is 4.22. The number of fused-ring (bicyclic) bond motifs is 1. The van der Waals surface area contributed by atoms with Crippen LogP contribution in [0, 0.1) is 6.92 Å². The summed E-state index contributed by atoms with van der Waals surface area (Å²) in [5.74, 6) is 1.91. The Labute approximate surface area is 201 Å². The molecule has 4 rings (SSSR count). The van der Waals surface area contributed by atoms with Crippen molar-refractivity contribution in [3.63, 3.8) is 0 Å². The fourth-order valence-corrected chi connectivity index (χ4v) is 4.06. The molecule has 0 spiro atoms. The molecule has 1 aliphatic rings. The number of piperazine rings is 1. The van der Waals surface area contributed by atoms with Crippen LogP contribution in [-0.4, -0.2) is 65.2 Å². The van der Waals surface area contributed by atoms with Gasteiger partial charge in [0.2, 0.25) is 0 Å². The molecule has 7 nitrogen and oxygen atoms in total. The number of H-pyrrole nitrogens is 1. The summed E-state index contributed by atoms with van der Waals surface area (Å²) in [6, 6.07) is 10.5. The molecule has 1 saturated heterocycles. The summed E-state index contributed by atoms with van der Waals surface area (Å²) < 4.78 is 5.18. The number of aromatic amines is 1. The summed E-state index contributed by atoms with van der Waals surface area (Å²) in [5, 5.41) is 8.91. The molecule has 0 bridgehead atoms. The van der Waals surface area contributed by atoms with Gasteiger partial charge in [0.25, 0.3) is 0 Å². The minimum absolute atomic E-state index is 0. The van der Waals surface area contributed by atoms with Crippen molar-refractivity contribution in [1.82, 2.24) is 25.3 Å². The molecule has 31 heavy (non-hydrogen) atoms. The van der Waals surface area contributed by atoms with Crippen molar-refractivity contribution < 1.29 is 4.52 Å². The molecule has 2 N–H and O–H groups in total. The Morgan fingerprint density at radius 3 is 2.77 bits per heavy atom. The minimum Gasteiger partial charge on any atom is -0.361 e. The molecule has 0 saturated carbocycles. The first-order chi connectivity index (χ1) is 14.7. The summed E-state index contributed by atoms with van der Waals surface area (Å²) in [5.41, 5.74) is 3.60. The predicted molar refractivity (Wildman–Crippen MR) is 136 cm³/mol. The number of guanidine groups is 1. The van der Waals surface area contributed by atoms with E-state index in [0.29, 0.717) is 0 Å². The largest absolute Gasteiger partial charge is 0.361 e. The van der Waals surface area contributed by atoms with Crippen molar-refractivity contribution in [3.8, 4) is 0 Å². The van der Waals surface area contributed by atoms with Crippen molar-refractivity contribution in [2.24, 2.45) is 4.99 Å². The molecule has 0 unspecified atom stereocenters. The summed E-state index contributed by atoms with van der Waals surface area (Å²) >= 11 is 0. The quantitative estimate of drug-likeness (QED) is 0.208. The number of nitrogens with zero attached hydrogens (tertiary/aromatic N) is 4. The average Bonchev–Trinajstić information content (AvgIpc) is 3.37. The lowest BCUT2D eigenvalue weighted by atomic mass is 10.1. The van der Waals surface area contributed by atoms with Crippen molar-refractivity contribution in [2.45, 2.75) is 33.2 Å². The summed E-state index contributed by atoms with van der Waals surface area (Å²) in [6.45, 7) is 10.6. The Morgan fingerprint density at radius 2 is 2.03 bits per heavy atom. The van der Waals surface area contributed by atoms with Crippen LogP contribution >= 0.6 is 24.0 Å². The van der Waals surface area contributed by atoms with E-state index < -0.39 is 0 Å². The lowest BCUT2D eigenvalue weighted by Gasteiger charge is -2.36. The number of hydrogen-bond acceptors (Lipinski definition) is 4. The number of rotatable bonds is 7. The van der Waals surface area contributed by atoms with Gasteiger partial charge < -0.3 is 19.7 Å². The number of aromatic nitrogens is 2. The van der Waals surface area contributed by atoms with Gasteiger partial charge in [-0.2, -0.15) is 0 Å². The molecule has 3 aromatic rings. The van der Waals surface area contributed by atoms with Gasteiger partial charge >= 0.3 is 0 Å². The Bertz CT molecular complexity index is 973. The van der Waals surface area contributed by atoms with Gasteiger partial charge in [0.15, 0.2) is 5.96 Å². The molecule has 1 fully saturated rings. The standard InChI is InChI=1S/C23H32N6O.HI/c1-3-24-23(25-10-6-7-19-16-26-22-9-5-4-8-21(19)22)29-13-11-28(12-14-29)17-20-15-18(2)30-27-20;/h4-5,8-9,15-16,26H,3,6-7,10-14,17H2,1-2H3,(H,24,25);1H. The van der Waals surface area contributed by atoms with Gasteiger partial charge in [-0.3, -0.25) is 9.89 Å². The number of hydrogen-bond donors (Lipinski definition) is 2. The fourth-order valence-electron chi connectivity index (χ4n) is 4.06. The zero-order chi connectivity index (χ0) is 20.8. The molecule has 0 radical (unpaired) electrons. The lowest BCUT2D eigenvalue weighted by molar-refractivity contribution is 0.169. The number of benzene rings is 1. The van der Waals surface area contributed by atoms with E-state index in [1.807, 2.05) is 13.0 Å².